The zero-order valence-electron chi connectivity index (χ0n) is 8.64. The molecule has 1 aliphatic rings. The highest BCUT2D eigenvalue weighted by molar-refractivity contribution is 9.10. The molecular weight excluding hydrogens is 362 g/mol. The fraction of sp³-hybridized carbons (Fsp3) is 0. The Morgan fingerprint density at radius 1 is 0.778 bits per heavy atom. The van der Waals surface area contributed by atoms with E-state index in [4.69, 9.17) is 44.3 Å². The van der Waals surface area contributed by atoms with Crippen molar-refractivity contribution >= 4 is 50.7 Å². The Morgan fingerprint density at radius 2 is 1.39 bits per heavy atom. The van der Waals surface area contributed by atoms with Crippen molar-refractivity contribution in [1.82, 2.24) is 0 Å². The largest absolute Gasteiger partial charge is 0.449 e. The molecule has 0 fully saturated rings. The molecule has 0 saturated carbocycles. The van der Waals surface area contributed by atoms with Crippen molar-refractivity contribution < 1.29 is 9.47 Å². The molecule has 2 aromatic rings. The molecule has 0 atom stereocenters. The van der Waals surface area contributed by atoms with E-state index in [9.17, 15) is 0 Å². The Morgan fingerprint density at radius 3 is 2.11 bits per heavy atom. The molecule has 2 nitrogen and oxygen atoms in total. The van der Waals surface area contributed by atoms with Crippen molar-refractivity contribution in [2.75, 3.05) is 0 Å². The Kier molecular flexibility index (Phi) is 3.10. The van der Waals surface area contributed by atoms with Crippen LogP contribution in [0.15, 0.2) is 28.7 Å². The molecule has 0 radical (unpaired) electrons. The predicted octanol–water partition coefficient (Wildman–Crippen LogP) is 6.31. The van der Waals surface area contributed by atoms with Crippen LogP contribution in [0.1, 0.15) is 0 Å². The maximum absolute atomic E-state index is 6.14. The van der Waals surface area contributed by atoms with E-state index < -0.39 is 0 Å². The summed E-state index contributed by atoms with van der Waals surface area (Å²) >= 11 is 21.5. The molecule has 0 amide bonds. The SMILES string of the molecule is Clc1ccc2c(c1Cl)Oc1c(ccc(Br)c1Cl)O2. The number of halogens is 4. The molecule has 0 aromatic heterocycles. The lowest BCUT2D eigenvalue weighted by molar-refractivity contribution is 0.360. The van der Waals surface area contributed by atoms with Crippen molar-refractivity contribution in [2.24, 2.45) is 0 Å². The minimum atomic E-state index is 0.302. The Hall–Kier alpha value is -0.610. The summed E-state index contributed by atoms with van der Waals surface area (Å²) in [4.78, 5) is 0. The maximum Gasteiger partial charge on any atom is 0.190 e. The summed E-state index contributed by atoms with van der Waals surface area (Å²) in [6.45, 7) is 0. The predicted molar refractivity (Wildman–Crippen MR) is 75.8 cm³/mol. The van der Waals surface area contributed by atoms with Crippen LogP contribution in [0.2, 0.25) is 15.1 Å². The van der Waals surface area contributed by atoms with Crippen molar-refractivity contribution in [3.05, 3.63) is 43.8 Å². The first kappa shape index (κ1) is 12.4. The molecule has 0 saturated heterocycles. The average molecular weight is 366 g/mol. The molecule has 1 aliphatic heterocycles. The molecule has 2 aromatic carbocycles. The van der Waals surface area contributed by atoms with Crippen LogP contribution in [0.3, 0.4) is 0 Å². The van der Waals surface area contributed by atoms with Crippen molar-refractivity contribution in [3.8, 4) is 23.0 Å². The highest BCUT2D eigenvalue weighted by Crippen LogP contribution is 2.53. The van der Waals surface area contributed by atoms with Crippen LogP contribution in [0, 0.1) is 0 Å². The summed E-state index contributed by atoms with van der Waals surface area (Å²) in [5.41, 5.74) is 0. The third kappa shape index (κ3) is 1.86. The van der Waals surface area contributed by atoms with Crippen LogP contribution < -0.4 is 9.47 Å². The van der Waals surface area contributed by atoms with Gasteiger partial charge in [0.15, 0.2) is 23.0 Å². The zero-order chi connectivity index (χ0) is 12.9. The van der Waals surface area contributed by atoms with E-state index in [1.54, 1.807) is 24.3 Å². The van der Waals surface area contributed by atoms with Crippen LogP contribution in [0.5, 0.6) is 23.0 Å². The lowest BCUT2D eigenvalue weighted by Gasteiger charge is -2.22. The summed E-state index contributed by atoms with van der Waals surface area (Å²) in [5.74, 6) is 1.84. The van der Waals surface area contributed by atoms with Gasteiger partial charge in [0.2, 0.25) is 0 Å². The number of fused-ring (bicyclic) bond motifs is 2. The van der Waals surface area contributed by atoms with Crippen molar-refractivity contribution in [2.45, 2.75) is 0 Å². The van der Waals surface area contributed by atoms with Crippen molar-refractivity contribution in [3.63, 3.8) is 0 Å². The zero-order valence-corrected chi connectivity index (χ0v) is 12.5. The van der Waals surface area contributed by atoms with Gasteiger partial charge < -0.3 is 9.47 Å². The summed E-state index contributed by atoms with van der Waals surface area (Å²) in [6, 6.07) is 6.89. The van der Waals surface area contributed by atoms with Gasteiger partial charge in [-0.15, -0.1) is 0 Å². The second-order valence-corrected chi connectivity index (χ2v) is 5.60. The second-order valence-electron chi connectivity index (χ2n) is 3.58. The summed E-state index contributed by atoms with van der Waals surface area (Å²) in [7, 11) is 0. The quantitative estimate of drug-likeness (QED) is 0.464. The van der Waals surface area contributed by atoms with Gasteiger partial charge >= 0.3 is 0 Å². The van der Waals surface area contributed by atoms with Gasteiger partial charge in [0.05, 0.1) is 5.02 Å². The highest BCUT2D eigenvalue weighted by Gasteiger charge is 2.25. The number of hydrogen-bond acceptors (Lipinski definition) is 2. The van der Waals surface area contributed by atoms with Gasteiger partial charge in [-0.25, -0.2) is 0 Å². The summed E-state index contributed by atoms with van der Waals surface area (Å²) in [6.07, 6.45) is 0. The van der Waals surface area contributed by atoms with E-state index in [-0.39, 0.29) is 0 Å². The van der Waals surface area contributed by atoms with Crippen molar-refractivity contribution in [1.29, 1.82) is 0 Å². The van der Waals surface area contributed by atoms with E-state index in [0.29, 0.717) is 42.5 Å². The van der Waals surface area contributed by atoms with Gasteiger partial charge in [0, 0.05) is 4.47 Å². The van der Waals surface area contributed by atoms with Gasteiger partial charge in [-0.3, -0.25) is 0 Å². The van der Waals surface area contributed by atoms with Crippen LogP contribution in [0.25, 0.3) is 0 Å². The lowest BCUT2D eigenvalue weighted by atomic mass is 10.2. The molecule has 92 valence electrons. The second kappa shape index (κ2) is 4.49. The first-order chi connectivity index (χ1) is 8.58. The molecule has 6 heteroatoms. The van der Waals surface area contributed by atoms with Crippen LogP contribution in [0.4, 0.5) is 0 Å². The molecule has 3 rings (SSSR count). The van der Waals surface area contributed by atoms with Gasteiger partial charge in [0.25, 0.3) is 0 Å². The van der Waals surface area contributed by atoms with Gasteiger partial charge in [-0.05, 0) is 40.2 Å². The minimum absolute atomic E-state index is 0.302. The van der Waals surface area contributed by atoms with E-state index in [1.165, 1.54) is 0 Å². The van der Waals surface area contributed by atoms with E-state index in [1.807, 2.05) is 0 Å². The van der Waals surface area contributed by atoms with E-state index in [0.717, 1.165) is 0 Å². The van der Waals surface area contributed by atoms with Crippen LogP contribution in [-0.4, -0.2) is 0 Å². The monoisotopic (exact) mass is 364 g/mol. The standard InChI is InChI=1S/C12H4BrCl3O2/c13-5-1-3-7-11(9(5)15)18-12-8(17-7)4-2-6(14)10(12)16/h1-4H. The molecule has 0 unspecified atom stereocenters. The number of ether oxygens (including phenoxy) is 2. The maximum atomic E-state index is 6.14. The van der Waals surface area contributed by atoms with Gasteiger partial charge in [-0.1, -0.05) is 34.8 Å². The average Bonchev–Trinajstić information content (AvgIpc) is 2.37. The van der Waals surface area contributed by atoms with Gasteiger partial charge in [-0.2, -0.15) is 0 Å². The summed E-state index contributed by atoms with van der Waals surface area (Å²) in [5, 5.41) is 1.12. The third-order valence-corrected chi connectivity index (χ3v) is 4.50. The third-order valence-electron chi connectivity index (χ3n) is 2.45. The fourth-order valence-corrected chi connectivity index (χ4v) is 2.45. The molecule has 0 bridgehead atoms. The molecule has 0 spiro atoms. The first-order valence-electron chi connectivity index (χ1n) is 4.89. The molecular formula is C12H4BrCl3O2. The molecule has 0 N–H and O–H groups in total. The molecule has 1 heterocycles. The number of rotatable bonds is 0. The van der Waals surface area contributed by atoms with E-state index in [2.05, 4.69) is 15.9 Å². The minimum Gasteiger partial charge on any atom is -0.449 e. The Balaban J connectivity index is 2.19. The fourth-order valence-electron chi connectivity index (χ4n) is 1.60. The summed E-state index contributed by atoms with van der Waals surface area (Å²) < 4.78 is 12.1. The Labute approximate surface area is 126 Å². The smallest absolute Gasteiger partial charge is 0.190 e. The van der Waals surface area contributed by atoms with E-state index >= 15 is 0 Å². The lowest BCUT2D eigenvalue weighted by Crippen LogP contribution is -2.00. The topological polar surface area (TPSA) is 18.5 Å². The number of benzene rings is 2. The normalized spacial score (nSPS) is 12.2. The highest BCUT2D eigenvalue weighted by atomic mass is 79.9. The number of hydrogen-bond donors (Lipinski definition) is 0. The molecule has 18 heavy (non-hydrogen) atoms. The van der Waals surface area contributed by atoms with Crippen LogP contribution >= 0.6 is 50.7 Å². The van der Waals surface area contributed by atoms with Crippen LogP contribution in [-0.2, 0) is 0 Å². The molecule has 0 aliphatic carbocycles. The first-order valence-corrected chi connectivity index (χ1v) is 6.82. The van der Waals surface area contributed by atoms with Gasteiger partial charge in [0.1, 0.15) is 10.0 Å². The Bertz CT molecular complexity index is 603.